The van der Waals surface area contributed by atoms with Crippen molar-refractivity contribution in [1.82, 2.24) is 4.98 Å². The molecule has 19 heavy (non-hydrogen) atoms. The number of esters is 1. The minimum Gasteiger partial charge on any atom is -0.466 e. The van der Waals surface area contributed by atoms with Crippen molar-refractivity contribution >= 4 is 33.2 Å². The summed E-state index contributed by atoms with van der Waals surface area (Å²) >= 11 is 4.53. The van der Waals surface area contributed by atoms with E-state index in [1.165, 1.54) is 17.4 Å². The standard InChI is InChI=1S/C13H11BrFNO2S/c1-2-18-13(17)6-12-16-11(7-19-12)8-3-4-10(15)9(14)5-8/h3-5,7H,2,6H2,1H3. The van der Waals surface area contributed by atoms with Crippen molar-refractivity contribution in [3.05, 3.63) is 38.9 Å². The van der Waals surface area contributed by atoms with Gasteiger partial charge in [-0.1, -0.05) is 0 Å². The number of ether oxygens (including phenoxy) is 1. The van der Waals surface area contributed by atoms with E-state index >= 15 is 0 Å². The van der Waals surface area contributed by atoms with Crippen LogP contribution in [0.1, 0.15) is 11.9 Å². The quantitative estimate of drug-likeness (QED) is 0.792. The normalized spacial score (nSPS) is 10.5. The number of hydrogen-bond donors (Lipinski definition) is 0. The van der Waals surface area contributed by atoms with Crippen molar-refractivity contribution < 1.29 is 13.9 Å². The van der Waals surface area contributed by atoms with Gasteiger partial charge in [0.05, 0.1) is 23.2 Å². The van der Waals surface area contributed by atoms with Crippen molar-refractivity contribution in [2.45, 2.75) is 13.3 Å². The Hall–Kier alpha value is -1.27. The summed E-state index contributed by atoms with van der Waals surface area (Å²) in [4.78, 5) is 15.7. The first-order chi connectivity index (χ1) is 9.10. The maximum atomic E-state index is 13.2. The highest BCUT2D eigenvalue weighted by molar-refractivity contribution is 9.10. The lowest BCUT2D eigenvalue weighted by Crippen LogP contribution is -2.07. The molecule has 0 saturated heterocycles. The molecular formula is C13H11BrFNO2S. The fraction of sp³-hybridized carbons (Fsp3) is 0.231. The predicted octanol–water partition coefficient (Wildman–Crippen LogP) is 3.82. The van der Waals surface area contributed by atoms with Gasteiger partial charge in [-0.25, -0.2) is 9.37 Å². The summed E-state index contributed by atoms with van der Waals surface area (Å²) in [5, 5.41) is 2.53. The Labute approximate surface area is 122 Å². The summed E-state index contributed by atoms with van der Waals surface area (Å²) < 4.78 is 18.4. The van der Waals surface area contributed by atoms with Crippen LogP contribution in [-0.2, 0) is 16.0 Å². The molecular weight excluding hydrogens is 333 g/mol. The molecule has 100 valence electrons. The SMILES string of the molecule is CCOC(=O)Cc1nc(-c2ccc(F)c(Br)c2)cs1. The van der Waals surface area contributed by atoms with Crippen LogP contribution in [0.4, 0.5) is 4.39 Å². The Bertz CT molecular complexity index is 600. The third-order valence-electron chi connectivity index (χ3n) is 2.37. The number of carbonyl (C=O) groups excluding carboxylic acids is 1. The number of nitrogens with zero attached hydrogens (tertiary/aromatic N) is 1. The molecule has 2 aromatic rings. The zero-order chi connectivity index (χ0) is 13.8. The van der Waals surface area contributed by atoms with Crippen LogP contribution in [0.3, 0.4) is 0 Å². The molecule has 0 bridgehead atoms. The molecule has 0 amide bonds. The van der Waals surface area contributed by atoms with E-state index in [4.69, 9.17) is 4.74 Å². The van der Waals surface area contributed by atoms with Gasteiger partial charge in [0, 0.05) is 10.9 Å². The molecule has 0 fully saturated rings. The minimum atomic E-state index is -0.314. The molecule has 2 rings (SSSR count). The Morgan fingerprint density at radius 3 is 3.00 bits per heavy atom. The van der Waals surface area contributed by atoms with Gasteiger partial charge in [0.2, 0.25) is 0 Å². The molecule has 0 spiro atoms. The summed E-state index contributed by atoms with van der Waals surface area (Å²) in [5.74, 6) is -0.602. The van der Waals surface area contributed by atoms with E-state index < -0.39 is 0 Å². The van der Waals surface area contributed by atoms with Gasteiger partial charge in [0.15, 0.2) is 0 Å². The summed E-state index contributed by atoms with van der Waals surface area (Å²) in [7, 11) is 0. The Morgan fingerprint density at radius 2 is 2.32 bits per heavy atom. The highest BCUT2D eigenvalue weighted by Crippen LogP contribution is 2.26. The molecule has 0 saturated carbocycles. The Kier molecular flexibility index (Phi) is 4.66. The Balaban J connectivity index is 2.16. The van der Waals surface area contributed by atoms with Gasteiger partial charge in [-0.2, -0.15) is 0 Å². The van der Waals surface area contributed by atoms with Crippen LogP contribution in [0.15, 0.2) is 28.1 Å². The smallest absolute Gasteiger partial charge is 0.312 e. The molecule has 3 nitrogen and oxygen atoms in total. The van der Waals surface area contributed by atoms with Gasteiger partial charge in [-0.3, -0.25) is 4.79 Å². The molecule has 0 unspecified atom stereocenters. The number of benzene rings is 1. The largest absolute Gasteiger partial charge is 0.466 e. The molecule has 0 aliphatic rings. The Morgan fingerprint density at radius 1 is 1.53 bits per heavy atom. The van der Waals surface area contributed by atoms with Crippen molar-refractivity contribution in [1.29, 1.82) is 0 Å². The molecule has 6 heteroatoms. The van der Waals surface area contributed by atoms with Crippen molar-refractivity contribution in [3.8, 4) is 11.3 Å². The molecule has 1 aromatic heterocycles. The molecule has 0 aliphatic heterocycles. The number of rotatable bonds is 4. The van der Waals surface area contributed by atoms with Crippen molar-refractivity contribution in [2.75, 3.05) is 6.61 Å². The van der Waals surface area contributed by atoms with Gasteiger partial charge in [-0.05, 0) is 41.1 Å². The first kappa shape index (κ1) is 14.1. The number of carbonyl (C=O) groups is 1. The molecule has 0 N–H and O–H groups in total. The average Bonchev–Trinajstić information content (AvgIpc) is 2.81. The lowest BCUT2D eigenvalue weighted by atomic mass is 10.2. The topological polar surface area (TPSA) is 39.2 Å². The fourth-order valence-corrected chi connectivity index (χ4v) is 2.68. The second kappa shape index (κ2) is 6.25. The summed E-state index contributed by atoms with van der Waals surface area (Å²) in [5.41, 5.74) is 1.53. The summed E-state index contributed by atoms with van der Waals surface area (Å²) in [6.45, 7) is 2.13. The van der Waals surface area contributed by atoms with Crippen LogP contribution in [0.2, 0.25) is 0 Å². The van der Waals surface area contributed by atoms with E-state index in [9.17, 15) is 9.18 Å². The van der Waals surface area contributed by atoms with Crippen LogP contribution < -0.4 is 0 Å². The molecule has 0 aliphatic carbocycles. The van der Waals surface area contributed by atoms with E-state index in [1.54, 1.807) is 19.1 Å². The lowest BCUT2D eigenvalue weighted by molar-refractivity contribution is -0.142. The molecule has 0 atom stereocenters. The maximum Gasteiger partial charge on any atom is 0.312 e. The number of aromatic nitrogens is 1. The van der Waals surface area contributed by atoms with E-state index in [0.717, 1.165) is 11.3 Å². The first-order valence-electron chi connectivity index (χ1n) is 5.65. The highest BCUT2D eigenvalue weighted by atomic mass is 79.9. The minimum absolute atomic E-state index is 0.168. The first-order valence-corrected chi connectivity index (χ1v) is 7.33. The van der Waals surface area contributed by atoms with Crippen molar-refractivity contribution in [2.24, 2.45) is 0 Å². The second-order valence-electron chi connectivity index (χ2n) is 3.74. The van der Waals surface area contributed by atoms with Crippen LogP contribution >= 0.6 is 27.3 Å². The van der Waals surface area contributed by atoms with Gasteiger partial charge in [-0.15, -0.1) is 11.3 Å². The number of halogens is 2. The monoisotopic (exact) mass is 343 g/mol. The van der Waals surface area contributed by atoms with Crippen LogP contribution in [0.5, 0.6) is 0 Å². The van der Waals surface area contributed by atoms with Crippen LogP contribution in [0.25, 0.3) is 11.3 Å². The number of thiazole rings is 1. The molecule has 1 aromatic carbocycles. The zero-order valence-electron chi connectivity index (χ0n) is 10.2. The molecule has 1 heterocycles. The van der Waals surface area contributed by atoms with Gasteiger partial charge in [0.25, 0.3) is 0 Å². The third kappa shape index (κ3) is 3.61. The van der Waals surface area contributed by atoms with Crippen LogP contribution in [0, 0.1) is 5.82 Å². The number of hydrogen-bond acceptors (Lipinski definition) is 4. The van der Waals surface area contributed by atoms with E-state index in [0.29, 0.717) is 16.1 Å². The van der Waals surface area contributed by atoms with Crippen LogP contribution in [-0.4, -0.2) is 17.6 Å². The lowest BCUT2D eigenvalue weighted by Gasteiger charge is -1.99. The maximum absolute atomic E-state index is 13.2. The van der Waals surface area contributed by atoms with Gasteiger partial charge >= 0.3 is 5.97 Å². The third-order valence-corrected chi connectivity index (χ3v) is 3.82. The van der Waals surface area contributed by atoms with E-state index in [-0.39, 0.29) is 18.2 Å². The summed E-state index contributed by atoms with van der Waals surface area (Å²) in [6.07, 6.45) is 0.168. The second-order valence-corrected chi connectivity index (χ2v) is 5.53. The zero-order valence-corrected chi connectivity index (χ0v) is 12.6. The van der Waals surface area contributed by atoms with E-state index in [2.05, 4.69) is 20.9 Å². The van der Waals surface area contributed by atoms with Gasteiger partial charge in [0.1, 0.15) is 10.8 Å². The van der Waals surface area contributed by atoms with Crippen molar-refractivity contribution in [3.63, 3.8) is 0 Å². The highest BCUT2D eigenvalue weighted by Gasteiger charge is 2.10. The average molecular weight is 344 g/mol. The summed E-state index contributed by atoms with van der Waals surface area (Å²) in [6, 6.07) is 4.70. The predicted molar refractivity (Wildman–Crippen MR) is 75.5 cm³/mol. The molecule has 0 radical (unpaired) electrons. The fourth-order valence-electron chi connectivity index (χ4n) is 1.52. The van der Waals surface area contributed by atoms with E-state index in [1.807, 2.05) is 5.38 Å². The van der Waals surface area contributed by atoms with Gasteiger partial charge < -0.3 is 4.74 Å².